The predicted octanol–water partition coefficient (Wildman–Crippen LogP) is 1.24. The maximum absolute atomic E-state index is 12.7. The van der Waals surface area contributed by atoms with Crippen molar-refractivity contribution in [1.29, 1.82) is 0 Å². The average molecular weight is 411 g/mol. The number of benzene rings is 1. The molecule has 1 atom stereocenters. The maximum Gasteiger partial charge on any atom is 0.416 e. The van der Waals surface area contributed by atoms with Gasteiger partial charge in [0.1, 0.15) is 0 Å². The molecule has 2 heterocycles. The molecule has 0 aliphatic carbocycles. The Balaban J connectivity index is 1.69. The summed E-state index contributed by atoms with van der Waals surface area (Å²) >= 11 is 0. The molecule has 0 spiro atoms. The fraction of sp³-hybridized carbons (Fsp3) is 0.389. The van der Waals surface area contributed by atoms with Crippen molar-refractivity contribution in [3.8, 4) is 0 Å². The molecule has 3 rings (SSSR count). The molecule has 3 N–H and O–H groups in total. The van der Waals surface area contributed by atoms with Crippen molar-refractivity contribution in [1.82, 2.24) is 14.9 Å². The zero-order chi connectivity index (χ0) is 21.0. The van der Waals surface area contributed by atoms with Gasteiger partial charge in [-0.3, -0.25) is 4.79 Å². The first kappa shape index (κ1) is 20.8. The van der Waals surface area contributed by atoms with Gasteiger partial charge in [0.2, 0.25) is 0 Å². The Morgan fingerprint density at radius 2 is 1.72 bits per heavy atom. The minimum absolute atomic E-state index is 0.326. The minimum Gasteiger partial charge on any atom is -0.393 e. The van der Waals surface area contributed by atoms with Crippen LogP contribution in [0.3, 0.4) is 0 Å². The van der Waals surface area contributed by atoms with Gasteiger partial charge < -0.3 is 25.3 Å². The van der Waals surface area contributed by atoms with Crippen molar-refractivity contribution in [3.63, 3.8) is 0 Å². The molecule has 1 aromatic heterocycles. The van der Waals surface area contributed by atoms with E-state index in [2.05, 4.69) is 15.3 Å². The lowest BCUT2D eigenvalue weighted by Crippen LogP contribution is -2.52. The van der Waals surface area contributed by atoms with Gasteiger partial charge in [0.05, 0.1) is 12.2 Å². The van der Waals surface area contributed by atoms with Gasteiger partial charge >= 0.3 is 6.18 Å². The number of aromatic nitrogens is 2. The van der Waals surface area contributed by atoms with E-state index >= 15 is 0 Å². The maximum atomic E-state index is 12.7. The first-order chi connectivity index (χ1) is 13.8. The van der Waals surface area contributed by atoms with Crippen LogP contribution in [0.4, 0.5) is 30.5 Å². The summed E-state index contributed by atoms with van der Waals surface area (Å²) in [4.78, 5) is 23.8. The number of halogens is 3. The van der Waals surface area contributed by atoms with E-state index in [0.29, 0.717) is 43.5 Å². The van der Waals surface area contributed by atoms with Crippen LogP contribution in [0.5, 0.6) is 0 Å². The van der Waals surface area contributed by atoms with Gasteiger partial charge in [-0.15, -0.1) is 0 Å². The van der Waals surface area contributed by atoms with Crippen LogP contribution in [-0.4, -0.2) is 69.9 Å². The van der Waals surface area contributed by atoms with Crippen molar-refractivity contribution in [2.75, 3.05) is 43.0 Å². The summed E-state index contributed by atoms with van der Waals surface area (Å²) in [7, 11) is 0. The largest absolute Gasteiger partial charge is 0.416 e. The average Bonchev–Trinajstić information content (AvgIpc) is 2.73. The summed E-state index contributed by atoms with van der Waals surface area (Å²) in [5.41, 5.74) is -0.312. The first-order valence-electron chi connectivity index (χ1n) is 8.87. The van der Waals surface area contributed by atoms with Crippen LogP contribution < -0.4 is 10.2 Å². The number of amides is 1. The SMILES string of the molecule is O=C(C(O)CO)N1CCN(c2nccnc2Nc2ccc(C(F)(F)F)cc2)CC1. The second kappa shape index (κ2) is 8.62. The molecule has 1 aliphatic rings. The number of hydrogen-bond donors (Lipinski definition) is 3. The highest BCUT2D eigenvalue weighted by molar-refractivity contribution is 5.81. The Hall–Kier alpha value is -2.92. The van der Waals surface area contributed by atoms with Crippen LogP contribution in [-0.2, 0) is 11.0 Å². The van der Waals surface area contributed by atoms with Crippen molar-refractivity contribution < 1.29 is 28.2 Å². The van der Waals surface area contributed by atoms with E-state index in [9.17, 15) is 23.1 Å². The van der Waals surface area contributed by atoms with Crippen LogP contribution in [0.25, 0.3) is 0 Å². The van der Waals surface area contributed by atoms with Gasteiger partial charge in [-0.25, -0.2) is 9.97 Å². The Morgan fingerprint density at radius 1 is 1.10 bits per heavy atom. The molecule has 1 unspecified atom stereocenters. The molecule has 0 bridgehead atoms. The summed E-state index contributed by atoms with van der Waals surface area (Å²) in [6.45, 7) is 0.858. The van der Waals surface area contributed by atoms with Crippen LogP contribution >= 0.6 is 0 Å². The molecule has 156 valence electrons. The number of piperazine rings is 1. The molecule has 1 fully saturated rings. The highest BCUT2D eigenvalue weighted by atomic mass is 19.4. The third-order valence-corrected chi connectivity index (χ3v) is 4.50. The molecule has 1 amide bonds. The first-order valence-corrected chi connectivity index (χ1v) is 8.87. The lowest BCUT2D eigenvalue weighted by atomic mass is 10.2. The topological polar surface area (TPSA) is 102 Å². The zero-order valence-corrected chi connectivity index (χ0v) is 15.3. The quantitative estimate of drug-likeness (QED) is 0.681. The van der Waals surface area contributed by atoms with Crippen molar-refractivity contribution in [2.24, 2.45) is 0 Å². The summed E-state index contributed by atoms with van der Waals surface area (Å²) in [5.74, 6) is 0.346. The summed E-state index contributed by atoms with van der Waals surface area (Å²) < 4.78 is 38.1. The van der Waals surface area contributed by atoms with E-state index < -0.39 is 30.4 Å². The molecule has 0 radical (unpaired) electrons. The normalized spacial score (nSPS) is 15.9. The summed E-state index contributed by atoms with van der Waals surface area (Å²) in [6, 6.07) is 4.59. The van der Waals surface area contributed by atoms with Crippen LogP contribution in [0.15, 0.2) is 36.7 Å². The lowest BCUT2D eigenvalue weighted by molar-refractivity contribution is -0.142. The Kier molecular flexibility index (Phi) is 6.18. The van der Waals surface area contributed by atoms with Crippen LogP contribution in [0.2, 0.25) is 0 Å². The van der Waals surface area contributed by atoms with E-state index in [-0.39, 0.29) is 0 Å². The third-order valence-electron chi connectivity index (χ3n) is 4.50. The Bertz CT molecular complexity index is 839. The standard InChI is InChI=1S/C18H20F3N5O3/c19-18(20,21)12-1-3-13(4-2-12)24-15-16(23-6-5-22-15)25-7-9-26(10-8-25)17(29)14(28)11-27/h1-6,14,27-28H,7-11H2,(H,22,24). The van der Waals surface area contributed by atoms with Crippen LogP contribution in [0, 0.1) is 0 Å². The number of rotatable bonds is 5. The number of nitrogens with one attached hydrogen (secondary N) is 1. The number of aliphatic hydroxyl groups is 2. The van der Waals surface area contributed by atoms with Gasteiger partial charge in [0.25, 0.3) is 5.91 Å². The molecule has 1 aliphatic heterocycles. The van der Waals surface area contributed by atoms with E-state index in [1.165, 1.54) is 29.4 Å². The van der Waals surface area contributed by atoms with E-state index in [0.717, 1.165) is 12.1 Å². The molecule has 29 heavy (non-hydrogen) atoms. The Labute approximate surface area is 164 Å². The van der Waals surface area contributed by atoms with Gasteiger partial charge in [-0.2, -0.15) is 13.2 Å². The van der Waals surface area contributed by atoms with Crippen molar-refractivity contribution in [2.45, 2.75) is 12.3 Å². The number of nitrogens with zero attached hydrogens (tertiary/aromatic N) is 4. The number of carbonyl (C=O) groups excluding carboxylic acids is 1. The number of aliphatic hydroxyl groups excluding tert-OH is 2. The number of anilines is 3. The predicted molar refractivity (Wildman–Crippen MR) is 98.6 cm³/mol. The molecule has 0 saturated carbocycles. The number of alkyl halides is 3. The molecule has 8 nitrogen and oxygen atoms in total. The fourth-order valence-corrected chi connectivity index (χ4v) is 2.96. The van der Waals surface area contributed by atoms with Crippen LogP contribution in [0.1, 0.15) is 5.56 Å². The smallest absolute Gasteiger partial charge is 0.393 e. The third kappa shape index (κ3) is 4.93. The van der Waals surface area contributed by atoms with Gasteiger partial charge in [-0.05, 0) is 24.3 Å². The summed E-state index contributed by atoms with van der Waals surface area (Å²) in [5, 5.41) is 21.4. The van der Waals surface area contributed by atoms with Gasteiger partial charge in [-0.1, -0.05) is 0 Å². The van der Waals surface area contributed by atoms with Crippen molar-refractivity contribution in [3.05, 3.63) is 42.2 Å². The summed E-state index contributed by atoms with van der Waals surface area (Å²) in [6.07, 6.45) is -2.88. The highest BCUT2D eigenvalue weighted by Crippen LogP contribution is 2.31. The van der Waals surface area contributed by atoms with Gasteiger partial charge in [0, 0.05) is 44.3 Å². The number of hydrogen-bond acceptors (Lipinski definition) is 7. The molecule has 1 saturated heterocycles. The molecule has 11 heteroatoms. The second-order valence-corrected chi connectivity index (χ2v) is 6.44. The molecular formula is C18H20F3N5O3. The Morgan fingerprint density at radius 3 is 2.31 bits per heavy atom. The van der Waals surface area contributed by atoms with Crippen molar-refractivity contribution >= 4 is 23.2 Å². The highest BCUT2D eigenvalue weighted by Gasteiger charge is 2.30. The zero-order valence-electron chi connectivity index (χ0n) is 15.3. The molecule has 2 aromatic rings. The monoisotopic (exact) mass is 411 g/mol. The van der Waals surface area contributed by atoms with E-state index in [1.807, 2.05) is 4.90 Å². The van der Waals surface area contributed by atoms with E-state index in [4.69, 9.17) is 5.11 Å². The second-order valence-electron chi connectivity index (χ2n) is 6.44. The molecular weight excluding hydrogens is 391 g/mol. The fourth-order valence-electron chi connectivity index (χ4n) is 2.96. The molecule has 1 aromatic carbocycles. The van der Waals surface area contributed by atoms with Gasteiger partial charge in [0.15, 0.2) is 17.7 Å². The number of carbonyl (C=O) groups is 1. The van der Waals surface area contributed by atoms with E-state index in [1.54, 1.807) is 0 Å². The lowest BCUT2D eigenvalue weighted by Gasteiger charge is -2.36. The minimum atomic E-state index is -4.41.